The summed E-state index contributed by atoms with van der Waals surface area (Å²) < 4.78 is 0. The minimum Gasteiger partial charge on any atom is -0.508 e. The molecule has 3 heterocycles. The third kappa shape index (κ3) is 3.14. The summed E-state index contributed by atoms with van der Waals surface area (Å²) in [6, 6.07) is 12.2. The monoisotopic (exact) mass is 478 g/mol. The van der Waals surface area contributed by atoms with Gasteiger partial charge < -0.3 is 15.4 Å². The molecule has 7 nitrogen and oxygen atoms in total. The van der Waals surface area contributed by atoms with E-state index < -0.39 is 11.6 Å². The predicted molar refractivity (Wildman–Crippen MR) is 130 cm³/mol. The quantitative estimate of drug-likeness (QED) is 0.476. The van der Waals surface area contributed by atoms with Crippen molar-refractivity contribution >= 4 is 34.4 Å². The molecule has 2 unspecified atom stereocenters. The van der Waals surface area contributed by atoms with E-state index in [4.69, 9.17) is 11.6 Å². The van der Waals surface area contributed by atoms with Gasteiger partial charge in [0.15, 0.2) is 0 Å². The third-order valence-electron chi connectivity index (χ3n) is 7.69. The fourth-order valence-electron chi connectivity index (χ4n) is 5.72. The van der Waals surface area contributed by atoms with Gasteiger partial charge in [0.2, 0.25) is 0 Å². The Labute approximate surface area is 202 Å². The SMILES string of the molecule is CC12Cc3c([nH]c4ccc(Cl)cc34)C(c3cccc(O)c3)N1C(=O)N(CCNC1CCC1)C2=O. The highest BCUT2D eigenvalue weighted by molar-refractivity contribution is 6.31. The molecule has 0 bridgehead atoms. The first-order valence-electron chi connectivity index (χ1n) is 11.8. The number of rotatable bonds is 5. The number of aromatic hydroxyl groups is 1. The van der Waals surface area contributed by atoms with Crippen LogP contribution >= 0.6 is 11.6 Å². The van der Waals surface area contributed by atoms with Gasteiger partial charge >= 0.3 is 6.03 Å². The summed E-state index contributed by atoms with van der Waals surface area (Å²) in [7, 11) is 0. The van der Waals surface area contributed by atoms with Crippen molar-refractivity contribution < 1.29 is 14.7 Å². The van der Waals surface area contributed by atoms with E-state index in [-0.39, 0.29) is 17.7 Å². The number of hydrogen-bond donors (Lipinski definition) is 3. The van der Waals surface area contributed by atoms with E-state index in [2.05, 4.69) is 10.3 Å². The number of imide groups is 1. The molecule has 34 heavy (non-hydrogen) atoms. The average molecular weight is 479 g/mol. The van der Waals surface area contributed by atoms with E-state index in [0.29, 0.717) is 30.6 Å². The summed E-state index contributed by atoms with van der Waals surface area (Å²) in [5.74, 6) is -0.0647. The van der Waals surface area contributed by atoms with Crippen LogP contribution in [0.2, 0.25) is 5.02 Å². The summed E-state index contributed by atoms with van der Waals surface area (Å²) in [5, 5.41) is 15.3. The molecule has 2 aliphatic heterocycles. The summed E-state index contributed by atoms with van der Waals surface area (Å²) >= 11 is 6.32. The lowest BCUT2D eigenvalue weighted by Gasteiger charge is -2.42. The molecule has 2 aromatic carbocycles. The maximum absolute atomic E-state index is 13.8. The van der Waals surface area contributed by atoms with E-state index in [9.17, 15) is 14.7 Å². The number of halogens is 1. The molecular weight excluding hydrogens is 452 g/mol. The van der Waals surface area contributed by atoms with E-state index >= 15 is 0 Å². The normalized spacial score (nSPS) is 24.5. The minimum absolute atomic E-state index is 0.116. The zero-order chi connectivity index (χ0) is 23.6. The van der Waals surface area contributed by atoms with Crippen LogP contribution in [0.4, 0.5) is 4.79 Å². The molecule has 1 saturated carbocycles. The van der Waals surface area contributed by atoms with Crippen molar-refractivity contribution in [2.45, 2.75) is 50.2 Å². The number of benzene rings is 2. The zero-order valence-electron chi connectivity index (χ0n) is 19.0. The predicted octanol–water partition coefficient (Wildman–Crippen LogP) is 4.34. The molecule has 176 valence electrons. The molecule has 1 aliphatic carbocycles. The van der Waals surface area contributed by atoms with Crippen LogP contribution < -0.4 is 5.32 Å². The fourth-order valence-corrected chi connectivity index (χ4v) is 5.89. The number of carbonyl (C=O) groups excluding carboxylic acids is 2. The summed E-state index contributed by atoms with van der Waals surface area (Å²) in [4.78, 5) is 34.1. The molecule has 0 spiro atoms. The smallest absolute Gasteiger partial charge is 0.328 e. The number of hydrogen-bond acceptors (Lipinski definition) is 4. The lowest BCUT2D eigenvalue weighted by atomic mass is 9.81. The number of phenols is 1. The summed E-state index contributed by atoms with van der Waals surface area (Å²) in [5.41, 5.74) is 2.47. The van der Waals surface area contributed by atoms with Crippen LogP contribution in [-0.2, 0) is 11.2 Å². The summed E-state index contributed by atoms with van der Waals surface area (Å²) in [6.07, 6.45) is 3.92. The number of carbonyl (C=O) groups is 2. The van der Waals surface area contributed by atoms with Crippen LogP contribution in [0, 0.1) is 0 Å². The van der Waals surface area contributed by atoms with Crippen LogP contribution in [0.5, 0.6) is 5.75 Å². The second-order valence-electron chi connectivity index (χ2n) is 9.85. The molecule has 2 atom stereocenters. The maximum atomic E-state index is 13.8. The number of amides is 3. The van der Waals surface area contributed by atoms with Gasteiger partial charge in [0.05, 0.1) is 0 Å². The first-order valence-corrected chi connectivity index (χ1v) is 12.2. The third-order valence-corrected chi connectivity index (χ3v) is 7.92. The maximum Gasteiger partial charge on any atom is 0.328 e. The second kappa shape index (κ2) is 7.75. The van der Waals surface area contributed by atoms with Crippen LogP contribution in [0.3, 0.4) is 0 Å². The van der Waals surface area contributed by atoms with Gasteiger partial charge in [-0.05, 0) is 61.2 Å². The van der Waals surface area contributed by atoms with Gasteiger partial charge in [-0.15, -0.1) is 0 Å². The Hall–Kier alpha value is -3.03. The van der Waals surface area contributed by atoms with Crippen molar-refractivity contribution in [2.24, 2.45) is 0 Å². The molecule has 1 aromatic heterocycles. The van der Waals surface area contributed by atoms with Gasteiger partial charge in [-0.2, -0.15) is 0 Å². The van der Waals surface area contributed by atoms with Crippen LogP contribution in [0.25, 0.3) is 10.9 Å². The number of aromatic amines is 1. The van der Waals surface area contributed by atoms with Gasteiger partial charge in [-0.1, -0.05) is 30.2 Å². The van der Waals surface area contributed by atoms with Crippen molar-refractivity contribution in [3.8, 4) is 5.75 Å². The minimum atomic E-state index is -1.03. The van der Waals surface area contributed by atoms with E-state index in [0.717, 1.165) is 40.6 Å². The van der Waals surface area contributed by atoms with Gasteiger partial charge in [0.1, 0.15) is 17.3 Å². The molecule has 0 radical (unpaired) electrons. The zero-order valence-corrected chi connectivity index (χ0v) is 19.7. The summed E-state index contributed by atoms with van der Waals surface area (Å²) in [6.45, 7) is 2.79. The number of fused-ring (bicyclic) bond motifs is 4. The van der Waals surface area contributed by atoms with Crippen LogP contribution in [-0.4, -0.2) is 56.5 Å². The Morgan fingerprint density at radius 1 is 1.21 bits per heavy atom. The fraction of sp³-hybridized carbons (Fsp3) is 0.385. The number of nitrogens with zero attached hydrogens (tertiary/aromatic N) is 2. The number of aromatic nitrogens is 1. The topological polar surface area (TPSA) is 88.7 Å². The molecule has 2 fully saturated rings. The average Bonchev–Trinajstić information content (AvgIpc) is 3.21. The highest BCUT2D eigenvalue weighted by Crippen LogP contribution is 2.49. The molecule has 3 aliphatic rings. The molecule has 3 amide bonds. The highest BCUT2D eigenvalue weighted by atomic mass is 35.5. The van der Waals surface area contributed by atoms with Crippen molar-refractivity contribution in [3.63, 3.8) is 0 Å². The van der Waals surface area contributed by atoms with Gasteiger partial charge in [0, 0.05) is 47.2 Å². The highest BCUT2D eigenvalue weighted by Gasteiger charge is 2.60. The van der Waals surface area contributed by atoms with Crippen molar-refractivity contribution in [1.29, 1.82) is 0 Å². The second-order valence-corrected chi connectivity index (χ2v) is 10.3. The van der Waals surface area contributed by atoms with Crippen molar-refractivity contribution in [2.75, 3.05) is 13.1 Å². The molecule has 1 saturated heterocycles. The molecule has 3 N–H and O–H groups in total. The Morgan fingerprint density at radius 2 is 2.03 bits per heavy atom. The lowest BCUT2D eigenvalue weighted by Crippen LogP contribution is -2.53. The van der Waals surface area contributed by atoms with E-state index in [1.54, 1.807) is 23.1 Å². The standard InChI is InChI=1S/C26H27ClN4O3/c1-26-14-20-19-13-16(27)8-9-21(19)29-22(20)23(15-4-2-7-18(32)12-15)31(26)25(34)30(24(26)33)11-10-28-17-5-3-6-17/h2,4,7-9,12-13,17,23,28-29,32H,3,5-6,10-11,14H2,1H3. The lowest BCUT2D eigenvalue weighted by molar-refractivity contribution is -0.133. The van der Waals surface area contributed by atoms with Crippen molar-refractivity contribution in [1.82, 2.24) is 20.1 Å². The Kier molecular flexibility index (Phi) is 4.90. The van der Waals surface area contributed by atoms with Gasteiger partial charge in [0.25, 0.3) is 5.91 Å². The first kappa shape index (κ1) is 21.5. The number of phenolic OH excluding ortho intramolecular Hbond substituents is 1. The number of urea groups is 1. The molecular formula is C26H27ClN4O3. The molecule has 3 aromatic rings. The van der Waals surface area contributed by atoms with Gasteiger partial charge in [-0.3, -0.25) is 14.6 Å². The molecule has 8 heteroatoms. The Morgan fingerprint density at radius 3 is 2.76 bits per heavy atom. The number of H-pyrrole nitrogens is 1. The Balaban J connectivity index is 1.45. The van der Waals surface area contributed by atoms with Gasteiger partial charge in [-0.25, -0.2) is 4.79 Å². The van der Waals surface area contributed by atoms with Crippen molar-refractivity contribution in [3.05, 3.63) is 64.3 Å². The van der Waals surface area contributed by atoms with E-state index in [1.807, 2.05) is 31.2 Å². The van der Waals surface area contributed by atoms with E-state index in [1.165, 1.54) is 11.3 Å². The Bertz CT molecular complexity index is 1320. The first-order chi connectivity index (χ1) is 16.4. The largest absolute Gasteiger partial charge is 0.508 e. The molecule has 6 rings (SSSR count). The number of nitrogens with one attached hydrogen (secondary N) is 2. The van der Waals surface area contributed by atoms with Crippen LogP contribution in [0.1, 0.15) is 49.0 Å². The van der Waals surface area contributed by atoms with Crippen LogP contribution in [0.15, 0.2) is 42.5 Å².